The molecule has 2 rings (SSSR count). The molecule has 0 spiro atoms. The van der Waals surface area contributed by atoms with Crippen molar-refractivity contribution >= 4 is 34.8 Å². The predicted molar refractivity (Wildman–Crippen MR) is 77.5 cm³/mol. The van der Waals surface area contributed by atoms with E-state index in [-0.39, 0.29) is 5.92 Å². The van der Waals surface area contributed by atoms with Crippen LogP contribution < -0.4 is 4.74 Å². The molecule has 1 aromatic carbocycles. The molecule has 2 atom stereocenters. The van der Waals surface area contributed by atoms with Crippen LogP contribution in [0.4, 0.5) is 0 Å². The van der Waals surface area contributed by atoms with Gasteiger partial charge in [0, 0.05) is 10.9 Å². The van der Waals surface area contributed by atoms with Crippen LogP contribution in [0.3, 0.4) is 0 Å². The Morgan fingerprint density at radius 2 is 2.17 bits per heavy atom. The highest BCUT2D eigenvalue weighted by Gasteiger charge is 2.37. The number of rotatable bonds is 3. The number of ether oxygens (including phenoxy) is 1. The molecule has 2 unspecified atom stereocenters. The number of benzene rings is 1. The van der Waals surface area contributed by atoms with Gasteiger partial charge >= 0.3 is 0 Å². The molecule has 0 aromatic heterocycles. The Kier molecular flexibility index (Phi) is 4.26. The van der Waals surface area contributed by atoms with Crippen LogP contribution >= 0.6 is 34.8 Å². The topological polar surface area (TPSA) is 9.23 Å². The summed E-state index contributed by atoms with van der Waals surface area (Å²) >= 11 is 18.4. The zero-order chi connectivity index (χ0) is 13.2. The summed E-state index contributed by atoms with van der Waals surface area (Å²) < 4.78 is 5.86. The lowest BCUT2D eigenvalue weighted by Gasteiger charge is -2.32. The molecule has 1 aromatic rings. The first-order valence-corrected chi connectivity index (χ1v) is 6.92. The largest absolute Gasteiger partial charge is 0.468 e. The number of alkyl halides is 2. The van der Waals surface area contributed by atoms with Gasteiger partial charge in [-0.05, 0) is 29.8 Å². The Morgan fingerprint density at radius 1 is 1.39 bits per heavy atom. The highest BCUT2D eigenvalue weighted by molar-refractivity contribution is 6.32. The summed E-state index contributed by atoms with van der Waals surface area (Å²) in [5.74, 6) is 1.02. The Bertz CT molecular complexity index is 496. The molecule has 1 aliphatic rings. The highest BCUT2D eigenvalue weighted by atomic mass is 35.5. The van der Waals surface area contributed by atoms with Gasteiger partial charge in [-0.1, -0.05) is 48.3 Å². The van der Waals surface area contributed by atoms with Gasteiger partial charge in [-0.3, -0.25) is 0 Å². The molecule has 1 nitrogen and oxygen atoms in total. The highest BCUT2D eigenvalue weighted by Crippen LogP contribution is 2.39. The maximum atomic E-state index is 6.48. The number of halogens is 3. The average Bonchev–Trinajstić information content (AvgIpc) is 2.36. The Hall–Kier alpha value is -0.630. The number of hydrogen-bond donors (Lipinski definition) is 0. The maximum absolute atomic E-state index is 6.48. The summed E-state index contributed by atoms with van der Waals surface area (Å²) in [6, 6.07) is 7.56. The second-order valence-corrected chi connectivity index (χ2v) is 5.51. The molecule has 0 fully saturated rings. The summed E-state index contributed by atoms with van der Waals surface area (Å²) in [7, 11) is 0. The Morgan fingerprint density at radius 3 is 2.89 bits per heavy atom. The molecule has 0 amide bonds. The molecule has 96 valence electrons. The summed E-state index contributed by atoms with van der Waals surface area (Å²) in [6.45, 7) is 1.93. The minimum Gasteiger partial charge on any atom is -0.468 e. The third-order valence-corrected chi connectivity index (χ3v) is 4.20. The van der Waals surface area contributed by atoms with Crippen molar-refractivity contribution in [3.8, 4) is 5.75 Å². The van der Waals surface area contributed by atoms with Crippen LogP contribution in [-0.2, 0) is 5.88 Å². The van der Waals surface area contributed by atoms with Gasteiger partial charge in [-0.15, -0.1) is 11.6 Å². The van der Waals surface area contributed by atoms with E-state index in [9.17, 15) is 0 Å². The lowest BCUT2D eigenvalue weighted by atomic mass is 9.98. The normalized spacial score (nSPS) is 26.9. The van der Waals surface area contributed by atoms with Crippen molar-refractivity contribution in [2.24, 2.45) is 5.92 Å². The monoisotopic (exact) mass is 302 g/mol. The minimum atomic E-state index is -0.948. The zero-order valence-electron chi connectivity index (χ0n) is 9.87. The van der Waals surface area contributed by atoms with Gasteiger partial charge in [0.05, 0.1) is 5.92 Å². The molecular weight excluding hydrogens is 291 g/mol. The van der Waals surface area contributed by atoms with Crippen LogP contribution in [0.5, 0.6) is 5.75 Å². The van der Waals surface area contributed by atoms with Gasteiger partial charge in [0.2, 0.25) is 5.06 Å². The Balaban J connectivity index is 2.22. The van der Waals surface area contributed by atoms with Crippen molar-refractivity contribution in [2.45, 2.75) is 17.9 Å². The van der Waals surface area contributed by atoms with Gasteiger partial charge in [0.25, 0.3) is 0 Å². The third kappa shape index (κ3) is 2.85. The molecule has 0 bridgehead atoms. The fourth-order valence-corrected chi connectivity index (χ4v) is 2.48. The fraction of sp³-hybridized carbons (Fsp3) is 0.286. The molecule has 0 saturated carbocycles. The van der Waals surface area contributed by atoms with Crippen molar-refractivity contribution in [3.05, 3.63) is 53.1 Å². The molecule has 0 saturated heterocycles. The van der Waals surface area contributed by atoms with Crippen molar-refractivity contribution in [2.75, 3.05) is 0 Å². The zero-order valence-corrected chi connectivity index (χ0v) is 12.1. The van der Waals surface area contributed by atoms with E-state index < -0.39 is 5.06 Å². The molecule has 0 radical (unpaired) electrons. The van der Waals surface area contributed by atoms with E-state index in [0.717, 1.165) is 5.56 Å². The first kappa shape index (κ1) is 13.8. The molecule has 0 N–H and O–H groups in total. The van der Waals surface area contributed by atoms with Crippen LogP contribution in [-0.4, -0.2) is 5.06 Å². The SMILES string of the molecule is CC1C(Cl)=CC=CC1(Cl)Oc1cccc(CCl)c1. The van der Waals surface area contributed by atoms with Gasteiger partial charge in [0.15, 0.2) is 0 Å². The van der Waals surface area contributed by atoms with Gasteiger partial charge in [-0.2, -0.15) is 0 Å². The van der Waals surface area contributed by atoms with E-state index in [1.165, 1.54) is 0 Å². The maximum Gasteiger partial charge on any atom is 0.208 e. The van der Waals surface area contributed by atoms with E-state index in [2.05, 4.69) is 0 Å². The van der Waals surface area contributed by atoms with E-state index in [1.807, 2.05) is 37.3 Å². The average molecular weight is 304 g/mol. The van der Waals surface area contributed by atoms with Gasteiger partial charge in [0.1, 0.15) is 5.75 Å². The van der Waals surface area contributed by atoms with Crippen LogP contribution in [0.25, 0.3) is 0 Å². The molecule has 18 heavy (non-hydrogen) atoms. The van der Waals surface area contributed by atoms with Gasteiger partial charge in [-0.25, -0.2) is 0 Å². The molecule has 0 heterocycles. The summed E-state index contributed by atoms with van der Waals surface area (Å²) in [6.07, 6.45) is 5.44. The lowest BCUT2D eigenvalue weighted by Crippen LogP contribution is -2.36. The van der Waals surface area contributed by atoms with Crippen molar-refractivity contribution in [1.82, 2.24) is 0 Å². The third-order valence-electron chi connectivity index (χ3n) is 2.91. The fourth-order valence-electron chi connectivity index (χ4n) is 1.74. The van der Waals surface area contributed by atoms with Crippen LogP contribution in [0.15, 0.2) is 47.5 Å². The minimum absolute atomic E-state index is 0.106. The van der Waals surface area contributed by atoms with Crippen LogP contribution in [0, 0.1) is 5.92 Å². The van der Waals surface area contributed by atoms with Crippen molar-refractivity contribution in [1.29, 1.82) is 0 Å². The van der Waals surface area contributed by atoms with Crippen LogP contribution in [0.1, 0.15) is 12.5 Å². The van der Waals surface area contributed by atoms with Crippen molar-refractivity contribution < 1.29 is 4.74 Å². The van der Waals surface area contributed by atoms with E-state index >= 15 is 0 Å². The Labute approximate surface area is 122 Å². The molecule has 1 aliphatic carbocycles. The van der Waals surface area contributed by atoms with E-state index in [4.69, 9.17) is 39.5 Å². The standard InChI is InChI=1S/C14H13Cl3O/c1-10-13(16)6-3-7-14(10,17)18-12-5-2-4-11(8-12)9-15/h2-8,10H,9H2,1H3. The molecular formula is C14H13Cl3O. The summed E-state index contributed by atoms with van der Waals surface area (Å²) in [5.41, 5.74) is 0.989. The second kappa shape index (κ2) is 5.56. The quantitative estimate of drug-likeness (QED) is 0.709. The first-order valence-electron chi connectivity index (χ1n) is 5.63. The van der Waals surface area contributed by atoms with Gasteiger partial charge < -0.3 is 4.74 Å². The molecule has 4 heteroatoms. The predicted octanol–water partition coefficient (Wildman–Crippen LogP) is 5.07. The number of allylic oxidation sites excluding steroid dienone is 2. The van der Waals surface area contributed by atoms with Crippen LogP contribution in [0.2, 0.25) is 0 Å². The lowest BCUT2D eigenvalue weighted by molar-refractivity contribution is 0.164. The van der Waals surface area contributed by atoms with Crippen molar-refractivity contribution in [3.63, 3.8) is 0 Å². The number of hydrogen-bond acceptors (Lipinski definition) is 1. The second-order valence-electron chi connectivity index (χ2n) is 4.21. The summed E-state index contributed by atoms with van der Waals surface area (Å²) in [5, 5.41) is -0.266. The van der Waals surface area contributed by atoms with E-state index in [1.54, 1.807) is 12.2 Å². The smallest absolute Gasteiger partial charge is 0.208 e. The molecule has 0 aliphatic heterocycles. The summed E-state index contributed by atoms with van der Waals surface area (Å²) in [4.78, 5) is 0. The van der Waals surface area contributed by atoms with E-state index in [0.29, 0.717) is 16.7 Å². The first-order chi connectivity index (χ1) is 8.55.